The fourth-order valence-corrected chi connectivity index (χ4v) is 8.59. The number of hydrogen-bond acceptors (Lipinski definition) is 1. The Bertz CT molecular complexity index is 2420. The third-order valence-electron chi connectivity index (χ3n) is 10.1. The fourth-order valence-electron chi connectivity index (χ4n) is 7.55. The van der Waals surface area contributed by atoms with E-state index >= 15 is 0 Å². The molecule has 8 aromatic carbocycles. The minimum Gasteiger partial charge on any atom is -0.126 e. The third kappa shape index (κ3) is 6.02. The zero-order valence-electron chi connectivity index (χ0n) is 28.5. The lowest BCUT2D eigenvalue weighted by Gasteiger charge is -2.20. The van der Waals surface area contributed by atoms with Crippen LogP contribution in [0.25, 0.3) is 76.5 Å². The van der Waals surface area contributed by atoms with Crippen LogP contribution in [-0.2, 0) is 6.42 Å². The molecule has 0 saturated carbocycles. The van der Waals surface area contributed by atoms with Crippen molar-refractivity contribution in [2.45, 2.75) is 50.8 Å². The predicted octanol–water partition coefficient (Wildman–Crippen LogP) is 14.5. The second-order valence-electron chi connectivity index (χ2n) is 13.3. The van der Waals surface area contributed by atoms with Gasteiger partial charge in [-0.3, -0.25) is 0 Å². The monoisotopic (exact) mass is 650 g/mol. The molecule has 0 aromatic heterocycles. The molecule has 8 aromatic rings. The number of unbranched alkanes of at least 4 members (excludes halogenated alkanes) is 2. The largest absolute Gasteiger partial charge is 0.126 e. The van der Waals surface area contributed by atoms with Crippen LogP contribution in [0, 0.1) is 0 Å². The molecule has 0 atom stereocenters. The van der Waals surface area contributed by atoms with Gasteiger partial charge in [0, 0.05) is 4.90 Å². The van der Waals surface area contributed by atoms with Gasteiger partial charge in [-0.1, -0.05) is 160 Å². The molecule has 0 nitrogen and oxygen atoms in total. The molecule has 240 valence electrons. The number of aryl methyl sites for hydroxylation is 1. The van der Waals surface area contributed by atoms with Crippen LogP contribution >= 0.6 is 11.8 Å². The molecule has 0 unspecified atom stereocenters. The van der Waals surface area contributed by atoms with E-state index in [2.05, 4.69) is 159 Å². The Hall–Kier alpha value is -4.85. The molecule has 0 spiro atoms. The van der Waals surface area contributed by atoms with E-state index in [1.807, 2.05) is 11.8 Å². The molecular weight excluding hydrogens is 609 g/mol. The average Bonchev–Trinajstić information content (AvgIpc) is 3.16. The van der Waals surface area contributed by atoms with E-state index < -0.39 is 0 Å². The molecule has 0 heterocycles. The van der Waals surface area contributed by atoms with Crippen LogP contribution in [0.2, 0.25) is 0 Å². The van der Waals surface area contributed by atoms with Crippen LogP contribution in [0.5, 0.6) is 0 Å². The van der Waals surface area contributed by atoms with Crippen molar-refractivity contribution in [2.24, 2.45) is 0 Å². The summed E-state index contributed by atoms with van der Waals surface area (Å²) in [5, 5.41) is 10.5. The third-order valence-corrected chi connectivity index (χ3v) is 11.2. The summed E-state index contributed by atoms with van der Waals surface area (Å²) < 4.78 is 0. The Kier molecular flexibility index (Phi) is 8.94. The molecule has 0 aliphatic heterocycles. The van der Waals surface area contributed by atoms with E-state index in [1.165, 1.54) is 113 Å². The maximum absolute atomic E-state index is 2.50. The molecule has 8 rings (SSSR count). The molecule has 0 fully saturated rings. The first-order chi connectivity index (χ1) is 24.2. The van der Waals surface area contributed by atoms with Gasteiger partial charge in [-0.15, -0.1) is 11.8 Å². The Morgan fingerprint density at radius 1 is 0.429 bits per heavy atom. The first kappa shape index (κ1) is 31.4. The predicted molar refractivity (Wildman–Crippen MR) is 217 cm³/mol. The van der Waals surface area contributed by atoms with Gasteiger partial charge < -0.3 is 0 Å². The maximum Gasteiger partial charge on any atom is 0.00785 e. The van der Waals surface area contributed by atoms with Gasteiger partial charge in [-0.25, -0.2) is 0 Å². The number of rotatable bonds is 10. The first-order valence-electron chi connectivity index (χ1n) is 18.0. The highest BCUT2D eigenvalue weighted by Gasteiger charge is 2.19. The minimum atomic E-state index is 1.10. The van der Waals surface area contributed by atoms with E-state index in [-0.39, 0.29) is 0 Å². The number of fused-ring (bicyclic) bond motifs is 4. The van der Waals surface area contributed by atoms with Crippen molar-refractivity contribution < 1.29 is 0 Å². The topological polar surface area (TPSA) is 0 Å². The van der Waals surface area contributed by atoms with E-state index in [0.717, 1.165) is 12.2 Å². The van der Waals surface area contributed by atoms with E-state index in [1.54, 1.807) is 0 Å². The van der Waals surface area contributed by atoms with Crippen molar-refractivity contribution in [1.29, 1.82) is 0 Å². The first-order valence-corrected chi connectivity index (χ1v) is 18.9. The van der Waals surface area contributed by atoms with Gasteiger partial charge in [0.05, 0.1) is 0 Å². The second-order valence-corrected chi connectivity index (χ2v) is 14.4. The summed E-state index contributed by atoms with van der Waals surface area (Å²) in [5.74, 6) is 1.14. The van der Waals surface area contributed by atoms with Gasteiger partial charge in [0.1, 0.15) is 0 Å². The van der Waals surface area contributed by atoms with Crippen molar-refractivity contribution in [3.8, 4) is 33.4 Å². The van der Waals surface area contributed by atoms with E-state index in [4.69, 9.17) is 0 Å². The van der Waals surface area contributed by atoms with Crippen molar-refractivity contribution in [3.05, 3.63) is 151 Å². The Balaban J connectivity index is 1.40. The molecule has 0 bridgehead atoms. The van der Waals surface area contributed by atoms with Gasteiger partial charge in [0.2, 0.25) is 0 Å². The standard InChI is InChI=1S/C48H42S/c1-3-5-13-33-22-28-44-45(31-33)47(37-25-23-36(24-26-37)40-20-11-16-34-14-7-9-18-39(34)40)43-29-27-38(49-30-6-4-2)32-46(43)48(44)42-21-12-17-35-15-8-10-19-41(35)42/h7-12,14-29,31-32H,3-6,13,30H2,1-2H3. The van der Waals surface area contributed by atoms with Crippen LogP contribution in [0.3, 0.4) is 0 Å². The molecule has 0 saturated heterocycles. The summed E-state index contributed by atoms with van der Waals surface area (Å²) in [5.41, 5.74) is 9.20. The van der Waals surface area contributed by atoms with Crippen molar-refractivity contribution >= 4 is 54.9 Å². The second kappa shape index (κ2) is 13.9. The Morgan fingerprint density at radius 2 is 1.02 bits per heavy atom. The zero-order valence-corrected chi connectivity index (χ0v) is 29.3. The number of thioether (sulfide) groups is 1. The normalized spacial score (nSPS) is 11.6. The SMILES string of the molecule is CCCCSc1ccc2c(-c3ccc(-c4cccc5ccccc45)cc3)c3cc(CCCC)ccc3c(-c3cccc4ccccc34)c2c1. The Labute approximate surface area is 294 Å². The summed E-state index contributed by atoms with van der Waals surface area (Å²) >= 11 is 1.99. The average molecular weight is 651 g/mol. The molecule has 0 aliphatic carbocycles. The summed E-state index contributed by atoms with van der Waals surface area (Å²) in [6.07, 6.45) is 5.93. The Morgan fingerprint density at radius 3 is 1.76 bits per heavy atom. The zero-order chi connectivity index (χ0) is 33.2. The lowest BCUT2D eigenvalue weighted by Crippen LogP contribution is -1.94. The lowest BCUT2D eigenvalue weighted by atomic mass is 9.83. The van der Waals surface area contributed by atoms with Crippen molar-refractivity contribution in [3.63, 3.8) is 0 Å². The van der Waals surface area contributed by atoms with Gasteiger partial charge in [-0.2, -0.15) is 0 Å². The van der Waals surface area contributed by atoms with E-state index in [0.29, 0.717) is 0 Å². The molecule has 1 heteroatoms. The molecule has 0 N–H and O–H groups in total. The molecule has 49 heavy (non-hydrogen) atoms. The van der Waals surface area contributed by atoms with Gasteiger partial charge in [0.25, 0.3) is 0 Å². The lowest BCUT2D eigenvalue weighted by molar-refractivity contribution is 0.796. The number of hydrogen-bond donors (Lipinski definition) is 0. The van der Waals surface area contributed by atoms with Gasteiger partial charge in [0.15, 0.2) is 0 Å². The molecule has 0 amide bonds. The smallest absolute Gasteiger partial charge is 0.00785 e. The summed E-state index contributed by atoms with van der Waals surface area (Å²) in [6.45, 7) is 4.56. The van der Waals surface area contributed by atoms with Crippen molar-refractivity contribution in [1.82, 2.24) is 0 Å². The quantitative estimate of drug-likeness (QED) is 0.0806. The van der Waals surface area contributed by atoms with E-state index in [9.17, 15) is 0 Å². The van der Waals surface area contributed by atoms with Gasteiger partial charge in [-0.05, 0) is 119 Å². The van der Waals surface area contributed by atoms with Crippen LogP contribution in [0.15, 0.2) is 150 Å². The maximum atomic E-state index is 2.50. The molecule has 0 aliphatic rings. The summed E-state index contributed by atoms with van der Waals surface area (Å²) in [6, 6.07) is 54.9. The highest BCUT2D eigenvalue weighted by molar-refractivity contribution is 7.99. The molecular formula is C48H42S. The summed E-state index contributed by atoms with van der Waals surface area (Å²) in [4.78, 5) is 1.35. The fraction of sp³-hybridized carbons (Fsp3) is 0.167. The minimum absolute atomic E-state index is 1.10. The highest BCUT2D eigenvalue weighted by atomic mass is 32.2. The van der Waals surface area contributed by atoms with Crippen LogP contribution in [0.1, 0.15) is 45.1 Å². The van der Waals surface area contributed by atoms with Crippen molar-refractivity contribution in [2.75, 3.05) is 5.75 Å². The van der Waals surface area contributed by atoms with Crippen LogP contribution in [-0.4, -0.2) is 5.75 Å². The van der Waals surface area contributed by atoms with Crippen LogP contribution in [0.4, 0.5) is 0 Å². The summed E-state index contributed by atoms with van der Waals surface area (Å²) in [7, 11) is 0. The van der Waals surface area contributed by atoms with Crippen LogP contribution < -0.4 is 0 Å². The van der Waals surface area contributed by atoms with Gasteiger partial charge >= 0.3 is 0 Å². The highest BCUT2D eigenvalue weighted by Crippen LogP contribution is 2.47. The molecule has 0 radical (unpaired) electrons. The number of benzene rings is 8.